The summed E-state index contributed by atoms with van der Waals surface area (Å²) in [5.74, 6) is 0.784. The predicted molar refractivity (Wildman–Crippen MR) is 84.0 cm³/mol. The molecule has 0 fully saturated rings. The van der Waals surface area contributed by atoms with Crippen LogP contribution >= 0.6 is 0 Å². The molecule has 0 bridgehead atoms. The first-order valence-corrected chi connectivity index (χ1v) is 7.18. The van der Waals surface area contributed by atoms with Crippen LogP contribution in [-0.2, 0) is 12.5 Å². The fourth-order valence-electron chi connectivity index (χ4n) is 3.31. The molecule has 0 radical (unpaired) electrons. The molecule has 0 N–H and O–H groups in total. The molecule has 0 saturated heterocycles. The van der Waals surface area contributed by atoms with Gasteiger partial charge in [0.25, 0.3) is 0 Å². The van der Waals surface area contributed by atoms with Crippen molar-refractivity contribution in [2.45, 2.75) is 19.3 Å². The lowest BCUT2D eigenvalue weighted by Gasteiger charge is -2.21. The van der Waals surface area contributed by atoms with Crippen molar-refractivity contribution in [3.05, 3.63) is 59.9 Å². The van der Waals surface area contributed by atoms with Crippen LogP contribution in [0.5, 0.6) is 0 Å². The van der Waals surface area contributed by atoms with Gasteiger partial charge < -0.3 is 0 Å². The fourth-order valence-corrected chi connectivity index (χ4v) is 3.31. The molecule has 1 aromatic heterocycles. The summed E-state index contributed by atoms with van der Waals surface area (Å²) in [5, 5.41) is 4.41. The van der Waals surface area contributed by atoms with Crippen molar-refractivity contribution < 1.29 is 0 Å². The van der Waals surface area contributed by atoms with Gasteiger partial charge in [-0.05, 0) is 28.3 Å². The monoisotopic (exact) mass is 275 g/mol. The average Bonchev–Trinajstić information content (AvgIpc) is 3.01. The first-order chi connectivity index (χ1) is 10.1. The summed E-state index contributed by atoms with van der Waals surface area (Å²) >= 11 is 0. The highest BCUT2D eigenvalue weighted by Gasteiger charge is 2.35. The summed E-state index contributed by atoms with van der Waals surface area (Å²) in [4.78, 5) is 4.36. The highest BCUT2D eigenvalue weighted by Crippen LogP contribution is 2.49. The smallest absolute Gasteiger partial charge is 0.181 e. The van der Waals surface area contributed by atoms with E-state index in [4.69, 9.17) is 0 Å². The van der Waals surface area contributed by atoms with Crippen LogP contribution in [0.25, 0.3) is 22.5 Å². The van der Waals surface area contributed by atoms with Gasteiger partial charge in [0.2, 0.25) is 0 Å². The van der Waals surface area contributed by atoms with Crippen molar-refractivity contribution in [3.63, 3.8) is 0 Å². The van der Waals surface area contributed by atoms with Crippen LogP contribution < -0.4 is 0 Å². The summed E-state index contributed by atoms with van der Waals surface area (Å²) in [6.07, 6.45) is 1.74. The minimum atomic E-state index is 0.0245. The zero-order valence-electron chi connectivity index (χ0n) is 12.5. The van der Waals surface area contributed by atoms with Gasteiger partial charge in [-0.15, -0.1) is 0 Å². The summed E-state index contributed by atoms with van der Waals surface area (Å²) in [6.45, 7) is 4.57. The van der Waals surface area contributed by atoms with Crippen molar-refractivity contribution in [3.8, 4) is 22.5 Å². The van der Waals surface area contributed by atoms with Crippen LogP contribution in [-0.4, -0.2) is 14.8 Å². The van der Waals surface area contributed by atoms with Crippen LogP contribution in [0.1, 0.15) is 25.0 Å². The van der Waals surface area contributed by atoms with E-state index in [-0.39, 0.29) is 5.41 Å². The first kappa shape index (κ1) is 12.3. The van der Waals surface area contributed by atoms with E-state index >= 15 is 0 Å². The zero-order chi connectivity index (χ0) is 14.6. The van der Waals surface area contributed by atoms with E-state index in [2.05, 4.69) is 66.4 Å². The third kappa shape index (κ3) is 1.67. The van der Waals surface area contributed by atoms with Crippen LogP contribution in [0.15, 0.2) is 48.8 Å². The minimum absolute atomic E-state index is 0.0245. The van der Waals surface area contributed by atoms with Gasteiger partial charge in [-0.2, -0.15) is 5.10 Å². The summed E-state index contributed by atoms with van der Waals surface area (Å²) in [6, 6.07) is 15.2. The van der Waals surface area contributed by atoms with Gasteiger partial charge in [0.15, 0.2) is 5.82 Å². The number of rotatable bonds is 1. The molecule has 3 aromatic rings. The Morgan fingerprint density at radius 2 is 1.71 bits per heavy atom. The molecular formula is C18H17N3. The molecule has 0 saturated carbocycles. The number of aromatic nitrogens is 3. The second kappa shape index (κ2) is 4.04. The Morgan fingerprint density at radius 3 is 2.48 bits per heavy atom. The third-order valence-electron chi connectivity index (χ3n) is 4.44. The molecule has 104 valence electrons. The SMILES string of the molecule is Cn1cnc(-c2ccc3c(c2)C(C)(C)c2ccccc2-3)n1. The molecule has 4 rings (SSSR count). The third-order valence-corrected chi connectivity index (χ3v) is 4.44. The molecule has 3 heteroatoms. The van der Waals surface area contributed by atoms with Crippen LogP contribution in [0.3, 0.4) is 0 Å². The fraction of sp³-hybridized carbons (Fsp3) is 0.222. The summed E-state index contributed by atoms with van der Waals surface area (Å²) in [7, 11) is 1.89. The molecule has 1 heterocycles. The average molecular weight is 275 g/mol. The Morgan fingerprint density at radius 1 is 0.952 bits per heavy atom. The molecular weight excluding hydrogens is 258 g/mol. The Labute approximate surface area is 124 Å². The lowest BCUT2D eigenvalue weighted by molar-refractivity contribution is 0.660. The van der Waals surface area contributed by atoms with Crippen molar-refractivity contribution in [2.75, 3.05) is 0 Å². The molecule has 0 atom stereocenters. The summed E-state index contributed by atoms with van der Waals surface area (Å²) < 4.78 is 1.74. The van der Waals surface area contributed by atoms with Crippen molar-refractivity contribution in [1.82, 2.24) is 14.8 Å². The van der Waals surface area contributed by atoms with E-state index in [0.29, 0.717) is 0 Å². The Hall–Kier alpha value is -2.42. The number of hydrogen-bond donors (Lipinski definition) is 0. The van der Waals surface area contributed by atoms with E-state index < -0.39 is 0 Å². The maximum Gasteiger partial charge on any atom is 0.181 e. The van der Waals surface area contributed by atoms with E-state index in [0.717, 1.165) is 11.4 Å². The molecule has 21 heavy (non-hydrogen) atoms. The minimum Gasteiger partial charge on any atom is -0.255 e. The van der Waals surface area contributed by atoms with Gasteiger partial charge in [-0.1, -0.05) is 50.2 Å². The van der Waals surface area contributed by atoms with Gasteiger partial charge >= 0.3 is 0 Å². The number of nitrogens with zero attached hydrogens (tertiary/aromatic N) is 3. The Balaban J connectivity index is 1.93. The lowest BCUT2D eigenvalue weighted by atomic mass is 9.82. The molecule has 0 amide bonds. The van der Waals surface area contributed by atoms with E-state index in [1.54, 1.807) is 11.0 Å². The Bertz CT molecular complexity index is 843. The highest BCUT2D eigenvalue weighted by atomic mass is 15.3. The molecule has 0 spiro atoms. The van der Waals surface area contributed by atoms with Crippen LogP contribution in [0.2, 0.25) is 0 Å². The van der Waals surface area contributed by atoms with Gasteiger partial charge in [0.05, 0.1) is 0 Å². The number of benzene rings is 2. The van der Waals surface area contributed by atoms with Crippen LogP contribution in [0, 0.1) is 0 Å². The van der Waals surface area contributed by atoms with Crippen molar-refractivity contribution >= 4 is 0 Å². The number of fused-ring (bicyclic) bond motifs is 3. The molecule has 0 unspecified atom stereocenters. The van der Waals surface area contributed by atoms with Crippen molar-refractivity contribution in [1.29, 1.82) is 0 Å². The summed E-state index contributed by atoms with van der Waals surface area (Å²) in [5.41, 5.74) is 6.53. The molecule has 0 aliphatic heterocycles. The van der Waals surface area contributed by atoms with E-state index in [1.807, 2.05) is 7.05 Å². The predicted octanol–water partition coefficient (Wildman–Crippen LogP) is 3.79. The van der Waals surface area contributed by atoms with Gasteiger partial charge in [0, 0.05) is 18.0 Å². The maximum atomic E-state index is 4.41. The van der Waals surface area contributed by atoms with Crippen LogP contribution in [0.4, 0.5) is 0 Å². The highest BCUT2D eigenvalue weighted by molar-refractivity contribution is 5.82. The van der Waals surface area contributed by atoms with Gasteiger partial charge in [-0.3, -0.25) is 4.68 Å². The van der Waals surface area contributed by atoms with E-state index in [9.17, 15) is 0 Å². The van der Waals surface area contributed by atoms with Gasteiger partial charge in [-0.25, -0.2) is 4.98 Å². The van der Waals surface area contributed by atoms with Gasteiger partial charge in [0.1, 0.15) is 6.33 Å². The van der Waals surface area contributed by atoms with E-state index in [1.165, 1.54) is 22.3 Å². The second-order valence-corrected chi connectivity index (χ2v) is 6.17. The molecule has 1 aliphatic rings. The standard InChI is InChI=1S/C18H17N3/c1-18(2)15-7-5-4-6-13(15)14-9-8-12(10-16(14)18)17-19-11-21(3)20-17/h4-11H,1-3H3. The lowest BCUT2D eigenvalue weighted by Crippen LogP contribution is -2.14. The first-order valence-electron chi connectivity index (χ1n) is 7.18. The second-order valence-electron chi connectivity index (χ2n) is 6.17. The normalized spacial score (nSPS) is 14.8. The quantitative estimate of drug-likeness (QED) is 0.676. The van der Waals surface area contributed by atoms with Crippen molar-refractivity contribution in [2.24, 2.45) is 7.05 Å². The largest absolute Gasteiger partial charge is 0.255 e. The number of aryl methyl sites for hydroxylation is 1. The Kier molecular flexibility index (Phi) is 2.37. The molecule has 1 aliphatic carbocycles. The zero-order valence-corrected chi connectivity index (χ0v) is 12.5. The topological polar surface area (TPSA) is 30.7 Å². The number of hydrogen-bond acceptors (Lipinski definition) is 2. The molecule has 2 aromatic carbocycles. The molecule has 3 nitrogen and oxygen atoms in total. The maximum absolute atomic E-state index is 4.41.